The van der Waals surface area contributed by atoms with Crippen LogP contribution in [0.1, 0.15) is 35.9 Å². The van der Waals surface area contributed by atoms with Crippen molar-refractivity contribution in [1.29, 1.82) is 0 Å². The van der Waals surface area contributed by atoms with E-state index in [1.165, 1.54) is 4.57 Å². The molecule has 1 fully saturated rings. The number of nitrogens with zero attached hydrogens (tertiary/aromatic N) is 2. The van der Waals surface area contributed by atoms with Gasteiger partial charge >= 0.3 is 11.1 Å². The van der Waals surface area contributed by atoms with Crippen LogP contribution in [-0.4, -0.2) is 39.6 Å². The van der Waals surface area contributed by atoms with Gasteiger partial charge in [-0.25, -0.2) is 0 Å². The summed E-state index contributed by atoms with van der Waals surface area (Å²) in [5.41, 5.74) is 1.30. The molecule has 2 unspecified atom stereocenters. The van der Waals surface area contributed by atoms with E-state index in [1.807, 2.05) is 37.3 Å². The van der Waals surface area contributed by atoms with E-state index in [4.69, 9.17) is 4.74 Å². The highest BCUT2D eigenvalue weighted by Gasteiger charge is 2.30. The predicted molar refractivity (Wildman–Crippen MR) is 110 cm³/mol. The molecule has 2 aromatic carbocycles. The van der Waals surface area contributed by atoms with Gasteiger partial charge in [0.05, 0.1) is 23.7 Å². The highest BCUT2D eigenvalue weighted by Crippen LogP contribution is 2.26. The Bertz CT molecular complexity index is 1170. The number of amides is 1. The predicted octanol–water partition coefficient (Wildman–Crippen LogP) is 2.31. The van der Waals surface area contributed by atoms with Crippen molar-refractivity contribution in [2.24, 2.45) is 0 Å². The molecule has 2 heterocycles. The van der Waals surface area contributed by atoms with Crippen molar-refractivity contribution < 1.29 is 9.53 Å². The Kier molecular flexibility index (Phi) is 5.07. The Labute approximate surface area is 167 Å². The Balaban J connectivity index is 1.66. The molecule has 1 aliphatic rings. The topological polar surface area (TPSA) is 84.4 Å². The van der Waals surface area contributed by atoms with Crippen molar-refractivity contribution in [1.82, 2.24) is 14.5 Å². The lowest BCUT2D eigenvalue weighted by Gasteiger charge is -2.37. The van der Waals surface area contributed by atoms with Gasteiger partial charge in [-0.05, 0) is 37.6 Å². The van der Waals surface area contributed by atoms with E-state index in [0.29, 0.717) is 36.2 Å². The first-order chi connectivity index (χ1) is 14.0. The second kappa shape index (κ2) is 7.67. The monoisotopic (exact) mass is 393 g/mol. The molecular weight excluding hydrogens is 370 g/mol. The molecule has 1 saturated heterocycles. The zero-order valence-corrected chi connectivity index (χ0v) is 16.4. The van der Waals surface area contributed by atoms with Crippen LogP contribution in [0.15, 0.2) is 58.1 Å². The summed E-state index contributed by atoms with van der Waals surface area (Å²) in [4.78, 5) is 41.5. The zero-order chi connectivity index (χ0) is 20.5. The summed E-state index contributed by atoms with van der Waals surface area (Å²) in [7, 11) is 0. The second-order valence-electron chi connectivity index (χ2n) is 7.29. The third-order valence-electron chi connectivity index (χ3n) is 5.26. The number of benzene rings is 2. The molecule has 0 saturated carbocycles. The number of fused-ring (bicyclic) bond motifs is 1. The van der Waals surface area contributed by atoms with Crippen LogP contribution in [0.3, 0.4) is 0 Å². The normalized spacial score (nSPS) is 19.4. The van der Waals surface area contributed by atoms with Crippen molar-refractivity contribution >= 4 is 16.9 Å². The van der Waals surface area contributed by atoms with Crippen LogP contribution in [0, 0.1) is 0 Å². The fraction of sp³-hybridized carbons (Fsp3) is 0.318. The number of carbonyl (C=O) groups is 1. The number of morpholine rings is 1. The quantitative estimate of drug-likeness (QED) is 0.692. The third kappa shape index (κ3) is 3.61. The second-order valence-corrected chi connectivity index (χ2v) is 7.29. The molecule has 1 aromatic heterocycles. The Hall–Kier alpha value is -3.19. The van der Waals surface area contributed by atoms with Crippen LogP contribution >= 0.6 is 0 Å². The van der Waals surface area contributed by atoms with Gasteiger partial charge in [0.2, 0.25) is 0 Å². The fourth-order valence-electron chi connectivity index (χ4n) is 3.88. The summed E-state index contributed by atoms with van der Waals surface area (Å²) in [6, 6.07) is 14.9. The van der Waals surface area contributed by atoms with Gasteiger partial charge in [-0.1, -0.05) is 30.3 Å². The van der Waals surface area contributed by atoms with Crippen molar-refractivity contribution in [2.75, 3.05) is 13.1 Å². The minimum absolute atomic E-state index is 0.0940. The molecule has 29 heavy (non-hydrogen) atoms. The van der Waals surface area contributed by atoms with Crippen molar-refractivity contribution in [3.63, 3.8) is 0 Å². The number of aromatic nitrogens is 2. The molecule has 1 N–H and O–H groups in total. The minimum Gasteiger partial charge on any atom is -0.367 e. The maximum atomic E-state index is 13.2. The summed E-state index contributed by atoms with van der Waals surface area (Å²) in [5, 5.41) is 0. The van der Waals surface area contributed by atoms with E-state index >= 15 is 0 Å². The molecule has 7 heteroatoms. The largest absolute Gasteiger partial charge is 0.367 e. The summed E-state index contributed by atoms with van der Waals surface area (Å²) in [5.74, 6) is -0.127. The summed E-state index contributed by atoms with van der Waals surface area (Å²) >= 11 is 0. The van der Waals surface area contributed by atoms with Gasteiger partial charge in [0.15, 0.2) is 0 Å². The van der Waals surface area contributed by atoms with Gasteiger partial charge < -0.3 is 19.2 Å². The van der Waals surface area contributed by atoms with E-state index in [0.717, 1.165) is 5.56 Å². The van der Waals surface area contributed by atoms with Gasteiger partial charge in [-0.15, -0.1) is 0 Å². The number of nitrogens with one attached hydrogen (secondary N) is 1. The lowest BCUT2D eigenvalue weighted by Crippen LogP contribution is -2.46. The Morgan fingerprint density at radius 3 is 2.62 bits per heavy atom. The standard InChI is InChI=1S/C22H23N3O4/c1-3-25-18-10-9-16(11-17(18)23-20(26)22(25)28)21(27)24-12-14(2)29-19(13-24)15-7-5-4-6-8-15/h4-11,14,19H,3,12-13H2,1-2H3,(H,23,26). The molecule has 150 valence electrons. The van der Waals surface area contributed by atoms with Crippen LogP contribution in [0.5, 0.6) is 0 Å². The van der Waals surface area contributed by atoms with Crippen LogP contribution in [0.4, 0.5) is 0 Å². The molecule has 7 nitrogen and oxygen atoms in total. The van der Waals surface area contributed by atoms with Gasteiger partial charge in [-0.2, -0.15) is 0 Å². The number of ether oxygens (including phenoxy) is 1. The number of H-pyrrole nitrogens is 1. The third-order valence-corrected chi connectivity index (χ3v) is 5.26. The molecule has 1 aliphatic heterocycles. The smallest absolute Gasteiger partial charge is 0.316 e. The average molecular weight is 393 g/mol. The highest BCUT2D eigenvalue weighted by molar-refractivity contribution is 5.97. The number of hydrogen-bond donors (Lipinski definition) is 1. The number of hydrogen-bond acceptors (Lipinski definition) is 4. The molecular formula is C22H23N3O4. The van der Waals surface area contributed by atoms with Gasteiger partial charge in [0.1, 0.15) is 6.10 Å². The molecule has 4 rings (SSSR count). The SMILES string of the molecule is CCn1c(=O)c(=O)[nH]c2cc(C(=O)N3CC(C)OC(c4ccccc4)C3)ccc21. The fourth-order valence-corrected chi connectivity index (χ4v) is 3.88. The number of carbonyl (C=O) groups excluding carboxylic acids is 1. The lowest BCUT2D eigenvalue weighted by atomic mass is 10.1. The first-order valence-electron chi connectivity index (χ1n) is 9.74. The zero-order valence-electron chi connectivity index (χ0n) is 16.4. The van der Waals surface area contributed by atoms with E-state index in [9.17, 15) is 14.4 Å². The molecule has 2 atom stereocenters. The minimum atomic E-state index is -0.687. The molecule has 0 spiro atoms. The highest BCUT2D eigenvalue weighted by atomic mass is 16.5. The van der Waals surface area contributed by atoms with Gasteiger partial charge in [0.25, 0.3) is 5.91 Å². The Morgan fingerprint density at radius 2 is 1.90 bits per heavy atom. The van der Waals surface area contributed by atoms with Crippen LogP contribution in [-0.2, 0) is 11.3 Å². The average Bonchev–Trinajstić information content (AvgIpc) is 2.74. The van der Waals surface area contributed by atoms with E-state index in [1.54, 1.807) is 30.0 Å². The molecule has 0 radical (unpaired) electrons. The summed E-state index contributed by atoms with van der Waals surface area (Å²) < 4.78 is 7.45. The van der Waals surface area contributed by atoms with Gasteiger partial charge in [-0.3, -0.25) is 14.4 Å². The van der Waals surface area contributed by atoms with E-state index in [-0.39, 0.29) is 18.1 Å². The van der Waals surface area contributed by atoms with Crippen LogP contribution in [0.2, 0.25) is 0 Å². The van der Waals surface area contributed by atoms with Crippen molar-refractivity contribution in [2.45, 2.75) is 32.6 Å². The van der Waals surface area contributed by atoms with Crippen molar-refractivity contribution in [3.8, 4) is 0 Å². The van der Waals surface area contributed by atoms with Crippen LogP contribution < -0.4 is 11.1 Å². The Morgan fingerprint density at radius 1 is 1.14 bits per heavy atom. The maximum absolute atomic E-state index is 13.2. The lowest BCUT2D eigenvalue weighted by molar-refractivity contribution is -0.0691. The summed E-state index contributed by atoms with van der Waals surface area (Å²) in [6.45, 7) is 5.08. The molecule has 0 bridgehead atoms. The first kappa shape index (κ1) is 19.1. The van der Waals surface area contributed by atoms with Crippen molar-refractivity contribution in [3.05, 3.63) is 80.4 Å². The number of aryl methyl sites for hydroxylation is 1. The molecule has 0 aliphatic carbocycles. The number of aromatic amines is 1. The maximum Gasteiger partial charge on any atom is 0.316 e. The molecule has 1 amide bonds. The number of rotatable bonds is 3. The molecule has 3 aromatic rings. The first-order valence-corrected chi connectivity index (χ1v) is 9.74. The van der Waals surface area contributed by atoms with E-state index in [2.05, 4.69) is 4.98 Å². The van der Waals surface area contributed by atoms with Gasteiger partial charge in [0, 0.05) is 18.7 Å². The van der Waals surface area contributed by atoms with Crippen LogP contribution in [0.25, 0.3) is 11.0 Å². The van der Waals surface area contributed by atoms with E-state index < -0.39 is 11.1 Å². The summed E-state index contributed by atoms with van der Waals surface area (Å²) in [6.07, 6.45) is -0.280.